The van der Waals surface area contributed by atoms with Crippen molar-refractivity contribution in [1.29, 1.82) is 0 Å². The molecule has 2 fully saturated rings. The molecule has 0 spiro atoms. The number of anilines is 2. The molecule has 0 saturated carbocycles. The maximum absolute atomic E-state index is 12.4. The number of hydrogen-bond acceptors (Lipinski definition) is 17. The van der Waals surface area contributed by atoms with Crippen molar-refractivity contribution in [3.63, 3.8) is 0 Å². The lowest BCUT2D eigenvalue weighted by atomic mass is 9.98. The van der Waals surface area contributed by atoms with Gasteiger partial charge in [0, 0.05) is 41.9 Å². The van der Waals surface area contributed by atoms with Gasteiger partial charge in [0.25, 0.3) is 0 Å². The second-order valence-corrected chi connectivity index (χ2v) is 15.0. The number of carbonyl (C=O) groups excluding carboxylic acids is 2. The molecular formula is C32H53N3O14S2. The molecule has 0 aromatic heterocycles. The molecule has 1 aromatic carbocycles. The Balaban J connectivity index is 1.31. The van der Waals surface area contributed by atoms with Crippen molar-refractivity contribution < 1.29 is 69.4 Å². The number of amides is 2. The van der Waals surface area contributed by atoms with E-state index in [4.69, 9.17) is 18.9 Å². The first-order chi connectivity index (χ1) is 24.5. The SMILES string of the molecule is O=C(CCCCC1CCSS1)NCCOCCOCC(=O)Nc1cccc(NCC(O)[C@@H](O)[C@@H](O[C@@H]2OC(CO)[C@H](O)[C@H](O)C2O)C(O)CO)c1. The topological polar surface area (TPSA) is 269 Å². The Morgan fingerprint density at radius 3 is 2.43 bits per heavy atom. The number of aliphatic hydroxyl groups is 8. The van der Waals surface area contributed by atoms with Crippen LogP contribution in [0.5, 0.6) is 0 Å². The lowest BCUT2D eigenvalue weighted by molar-refractivity contribution is -0.326. The van der Waals surface area contributed by atoms with Crippen LogP contribution in [0.4, 0.5) is 11.4 Å². The van der Waals surface area contributed by atoms with Gasteiger partial charge in [0.2, 0.25) is 11.8 Å². The highest BCUT2D eigenvalue weighted by Crippen LogP contribution is 2.39. The summed E-state index contributed by atoms with van der Waals surface area (Å²) >= 11 is 0. The van der Waals surface area contributed by atoms with Crippen LogP contribution in [-0.2, 0) is 28.5 Å². The second-order valence-electron chi connectivity index (χ2n) is 12.2. The summed E-state index contributed by atoms with van der Waals surface area (Å²) in [5.41, 5.74) is 0.850. The molecule has 2 heterocycles. The quantitative estimate of drug-likeness (QED) is 0.0408. The molecule has 0 radical (unpaired) electrons. The van der Waals surface area contributed by atoms with Crippen LogP contribution in [0.1, 0.15) is 32.1 Å². The van der Waals surface area contributed by atoms with Crippen LogP contribution >= 0.6 is 21.6 Å². The Morgan fingerprint density at radius 1 is 0.941 bits per heavy atom. The maximum atomic E-state index is 12.4. The molecule has 2 aliphatic rings. The molecule has 51 heavy (non-hydrogen) atoms. The molecule has 5 unspecified atom stereocenters. The molecule has 0 bridgehead atoms. The van der Waals surface area contributed by atoms with Gasteiger partial charge in [0.15, 0.2) is 6.29 Å². The molecule has 10 atom stereocenters. The Kier molecular flexibility index (Phi) is 20.3. The molecule has 2 aliphatic heterocycles. The number of unbranched alkanes of at least 4 members (excludes halogenated alkanes) is 1. The molecule has 1 aromatic rings. The van der Waals surface area contributed by atoms with E-state index in [0.29, 0.717) is 30.9 Å². The number of rotatable bonds is 24. The minimum atomic E-state index is -1.85. The van der Waals surface area contributed by atoms with Gasteiger partial charge in [0.05, 0.1) is 39.1 Å². The number of nitrogens with one attached hydrogen (secondary N) is 3. The van der Waals surface area contributed by atoms with Crippen LogP contribution in [0.25, 0.3) is 0 Å². The maximum Gasteiger partial charge on any atom is 0.250 e. The Bertz CT molecular complexity index is 1150. The number of ether oxygens (including phenoxy) is 4. The van der Waals surface area contributed by atoms with Gasteiger partial charge < -0.3 is 75.8 Å². The lowest BCUT2D eigenvalue weighted by Crippen LogP contribution is -2.61. The van der Waals surface area contributed by atoms with Crippen molar-refractivity contribution in [2.75, 3.05) is 69.1 Å². The molecule has 0 aliphatic carbocycles. The average Bonchev–Trinajstić information content (AvgIpc) is 3.65. The van der Waals surface area contributed by atoms with E-state index < -0.39 is 74.2 Å². The van der Waals surface area contributed by atoms with E-state index in [9.17, 15) is 50.4 Å². The van der Waals surface area contributed by atoms with Gasteiger partial charge >= 0.3 is 0 Å². The summed E-state index contributed by atoms with van der Waals surface area (Å²) in [5, 5.41) is 89.9. The predicted molar refractivity (Wildman–Crippen MR) is 189 cm³/mol. The molecule has 17 nitrogen and oxygen atoms in total. The van der Waals surface area contributed by atoms with Gasteiger partial charge in [-0.3, -0.25) is 9.59 Å². The number of benzene rings is 1. The van der Waals surface area contributed by atoms with E-state index in [-0.39, 0.29) is 32.3 Å². The minimum absolute atomic E-state index is 0.0132. The van der Waals surface area contributed by atoms with Crippen LogP contribution in [0.15, 0.2) is 24.3 Å². The van der Waals surface area contributed by atoms with Gasteiger partial charge in [-0.05, 0) is 37.5 Å². The van der Waals surface area contributed by atoms with Crippen molar-refractivity contribution in [1.82, 2.24) is 5.32 Å². The molecule has 11 N–H and O–H groups in total. The van der Waals surface area contributed by atoms with E-state index in [2.05, 4.69) is 16.0 Å². The highest BCUT2D eigenvalue weighted by molar-refractivity contribution is 8.77. The van der Waals surface area contributed by atoms with Crippen molar-refractivity contribution in [3.8, 4) is 0 Å². The minimum Gasteiger partial charge on any atom is -0.394 e. The largest absolute Gasteiger partial charge is 0.394 e. The Hall–Kier alpha value is -1.82. The second kappa shape index (κ2) is 23.8. The summed E-state index contributed by atoms with van der Waals surface area (Å²) in [7, 11) is 3.88. The van der Waals surface area contributed by atoms with E-state index in [1.807, 2.05) is 21.6 Å². The van der Waals surface area contributed by atoms with Gasteiger partial charge in [-0.2, -0.15) is 0 Å². The van der Waals surface area contributed by atoms with Crippen molar-refractivity contribution in [2.24, 2.45) is 0 Å². The first-order valence-corrected chi connectivity index (χ1v) is 19.4. The van der Waals surface area contributed by atoms with Crippen molar-refractivity contribution in [2.45, 2.75) is 92.5 Å². The zero-order valence-electron chi connectivity index (χ0n) is 28.3. The fraction of sp³-hybridized carbons (Fsp3) is 0.750. The van der Waals surface area contributed by atoms with Crippen LogP contribution in [0.3, 0.4) is 0 Å². The fourth-order valence-electron chi connectivity index (χ4n) is 5.26. The highest BCUT2D eigenvalue weighted by atomic mass is 33.1. The van der Waals surface area contributed by atoms with Crippen LogP contribution in [0.2, 0.25) is 0 Å². The normalized spacial score (nSPS) is 25.9. The third-order valence-electron chi connectivity index (χ3n) is 8.18. The van der Waals surface area contributed by atoms with E-state index >= 15 is 0 Å². The predicted octanol–water partition coefficient (Wildman–Crippen LogP) is -1.84. The van der Waals surface area contributed by atoms with E-state index in [1.54, 1.807) is 24.3 Å². The number of aliphatic hydroxyl groups excluding tert-OH is 8. The molecule has 292 valence electrons. The summed E-state index contributed by atoms with van der Waals surface area (Å²) in [6.45, 7) is -1.02. The molecule has 3 rings (SSSR count). The molecular weight excluding hydrogens is 714 g/mol. The zero-order chi connectivity index (χ0) is 37.2. The van der Waals surface area contributed by atoms with E-state index in [1.165, 1.54) is 12.2 Å². The third kappa shape index (κ3) is 15.2. The zero-order valence-corrected chi connectivity index (χ0v) is 30.0. The van der Waals surface area contributed by atoms with Crippen LogP contribution < -0.4 is 16.0 Å². The Morgan fingerprint density at radius 2 is 1.71 bits per heavy atom. The summed E-state index contributed by atoms with van der Waals surface area (Å²) in [4.78, 5) is 24.3. The highest BCUT2D eigenvalue weighted by Gasteiger charge is 2.46. The average molecular weight is 768 g/mol. The van der Waals surface area contributed by atoms with Gasteiger partial charge in [-0.15, -0.1) is 0 Å². The standard InChI is InChI=1S/C32H53N3O14S2/c36-16-23(39)31(49-32-30(45)29(44)28(43)24(17-37)48-32)27(42)22(38)15-34-19-4-3-5-20(14-19)35-26(41)18-47-12-11-46-10-9-33-25(40)7-2-1-6-21-8-13-50-51-21/h3-5,14,21-24,27-32,34,36-39,42-45H,1-2,6-13,15-18H2,(H,33,40)(H,35,41)/t21?,22?,23?,24?,27-,28+,29+,30?,31+,32+/m1/s1. The number of carbonyl (C=O) groups is 2. The fourth-order valence-corrected chi connectivity index (χ4v) is 8.29. The van der Waals surface area contributed by atoms with E-state index in [0.717, 1.165) is 24.5 Å². The first-order valence-electron chi connectivity index (χ1n) is 17.0. The number of hydrogen-bond donors (Lipinski definition) is 11. The molecule has 2 amide bonds. The smallest absolute Gasteiger partial charge is 0.250 e. The van der Waals surface area contributed by atoms with Crippen molar-refractivity contribution in [3.05, 3.63) is 24.3 Å². The summed E-state index contributed by atoms with van der Waals surface area (Å²) < 4.78 is 21.5. The van der Waals surface area contributed by atoms with Crippen molar-refractivity contribution >= 4 is 44.8 Å². The lowest BCUT2D eigenvalue weighted by Gasteiger charge is -2.42. The monoisotopic (exact) mass is 767 g/mol. The molecule has 2 saturated heterocycles. The van der Waals surface area contributed by atoms with Gasteiger partial charge in [-0.25, -0.2) is 0 Å². The molecule has 19 heteroatoms. The first kappa shape index (κ1) is 43.6. The van der Waals surface area contributed by atoms with Crippen LogP contribution in [0, 0.1) is 0 Å². The summed E-state index contributed by atoms with van der Waals surface area (Å²) in [6, 6.07) is 6.45. The van der Waals surface area contributed by atoms with Gasteiger partial charge in [-0.1, -0.05) is 34.1 Å². The van der Waals surface area contributed by atoms with Gasteiger partial charge in [0.1, 0.15) is 49.3 Å². The van der Waals surface area contributed by atoms with Crippen LogP contribution in [-0.4, -0.2) is 172 Å². The summed E-state index contributed by atoms with van der Waals surface area (Å²) in [6.07, 6.45) is -10.4. The third-order valence-corrected chi connectivity index (χ3v) is 11.2. The summed E-state index contributed by atoms with van der Waals surface area (Å²) in [5.74, 6) is 0.806. The Labute approximate surface area is 304 Å².